The maximum atomic E-state index is 7.65. The van der Waals surface area contributed by atoms with Crippen molar-refractivity contribution >= 4 is 5.84 Å². The van der Waals surface area contributed by atoms with Crippen LogP contribution in [0, 0.1) is 11.3 Å². The normalized spacial score (nSPS) is 22.8. The molecule has 1 atom stereocenters. The lowest BCUT2D eigenvalue weighted by atomic mass is 10.0. The fraction of sp³-hybridized carbons (Fsp3) is 0.900. The largest absolute Gasteiger partial charge is 0.381 e. The molecule has 1 saturated heterocycles. The molecule has 1 unspecified atom stereocenters. The summed E-state index contributed by atoms with van der Waals surface area (Å²) in [6, 6.07) is 0. The highest BCUT2D eigenvalue weighted by molar-refractivity contribution is 5.78. The first kappa shape index (κ1) is 10.5. The van der Waals surface area contributed by atoms with E-state index >= 15 is 0 Å². The molecule has 1 aliphatic heterocycles. The summed E-state index contributed by atoms with van der Waals surface area (Å²) in [5.74, 6) is 1.36. The second kappa shape index (κ2) is 5.22. The van der Waals surface area contributed by atoms with Crippen LogP contribution >= 0.6 is 0 Å². The number of rotatable bonds is 3. The Morgan fingerprint density at radius 3 is 2.92 bits per heavy atom. The van der Waals surface area contributed by atoms with E-state index in [9.17, 15) is 0 Å². The van der Waals surface area contributed by atoms with Crippen LogP contribution in [0.1, 0.15) is 26.2 Å². The fourth-order valence-corrected chi connectivity index (χ4v) is 1.72. The molecular weight excluding hydrogens is 164 g/mol. The van der Waals surface area contributed by atoms with Gasteiger partial charge in [0.2, 0.25) is 0 Å². The third-order valence-corrected chi connectivity index (χ3v) is 2.58. The smallest absolute Gasteiger partial charge is 0.0952 e. The molecule has 0 saturated carbocycles. The molecule has 0 aromatic carbocycles. The van der Waals surface area contributed by atoms with Gasteiger partial charge in [-0.05, 0) is 18.8 Å². The Balaban J connectivity index is 2.25. The molecule has 76 valence electrons. The van der Waals surface area contributed by atoms with E-state index < -0.39 is 0 Å². The topological polar surface area (TPSA) is 36.3 Å². The van der Waals surface area contributed by atoms with Gasteiger partial charge < -0.3 is 9.64 Å². The Morgan fingerprint density at radius 1 is 1.62 bits per heavy atom. The van der Waals surface area contributed by atoms with E-state index in [1.165, 1.54) is 12.8 Å². The molecule has 13 heavy (non-hydrogen) atoms. The Morgan fingerprint density at radius 2 is 2.38 bits per heavy atom. The molecule has 0 spiro atoms. The molecular formula is C10H20N2O. The predicted octanol–water partition coefficient (Wildman–Crippen LogP) is 1.73. The van der Waals surface area contributed by atoms with Crippen molar-refractivity contribution in [3.8, 4) is 0 Å². The summed E-state index contributed by atoms with van der Waals surface area (Å²) in [5, 5.41) is 7.65. The van der Waals surface area contributed by atoms with Gasteiger partial charge in [-0.15, -0.1) is 0 Å². The summed E-state index contributed by atoms with van der Waals surface area (Å²) in [7, 11) is 2.00. The van der Waals surface area contributed by atoms with Crippen LogP contribution in [0.15, 0.2) is 0 Å². The molecule has 1 rings (SSSR count). The van der Waals surface area contributed by atoms with Crippen molar-refractivity contribution in [2.75, 3.05) is 26.8 Å². The fourth-order valence-electron chi connectivity index (χ4n) is 1.72. The van der Waals surface area contributed by atoms with Crippen LogP contribution in [-0.4, -0.2) is 37.5 Å². The molecule has 0 aromatic heterocycles. The Labute approximate surface area is 80.6 Å². The van der Waals surface area contributed by atoms with E-state index in [2.05, 4.69) is 0 Å². The van der Waals surface area contributed by atoms with E-state index in [0.717, 1.165) is 32.0 Å². The van der Waals surface area contributed by atoms with Crippen molar-refractivity contribution in [3.63, 3.8) is 0 Å². The number of ether oxygens (including phenoxy) is 1. The van der Waals surface area contributed by atoms with Gasteiger partial charge >= 0.3 is 0 Å². The Kier molecular flexibility index (Phi) is 4.22. The highest BCUT2D eigenvalue weighted by atomic mass is 16.5. The van der Waals surface area contributed by atoms with E-state index in [-0.39, 0.29) is 0 Å². The number of nitrogens with one attached hydrogen (secondary N) is 1. The highest BCUT2D eigenvalue weighted by Crippen LogP contribution is 2.14. The lowest BCUT2D eigenvalue weighted by Gasteiger charge is -2.28. The molecule has 3 nitrogen and oxygen atoms in total. The second-order valence-corrected chi connectivity index (χ2v) is 3.76. The average Bonchev–Trinajstić information content (AvgIpc) is 2.18. The summed E-state index contributed by atoms with van der Waals surface area (Å²) < 4.78 is 5.40. The highest BCUT2D eigenvalue weighted by Gasteiger charge is 2.16. The van der Waals surface area contributed by atoms with Crippen LogP contribution in [0.5, 0.6) is 0 Å². The zero-order chi connectivity index (χ0) is 9.68. The molecule has 1 aliphatic rings. The van der Waals surface area contributed by atoms with Gasteiger partial charge in [0.15, 0.2) is 0 Å². The molecule has 1 fully saturated rings. The summed E-state index contributed by atoms with van der Waals surface area (Å²) in [6.07, 6.45) is 3.25. The van der Waals surface area contributed by atoms with Crippen molar-refractivity contribution in [1.82, 2.24) is 4.90 Å². The second-order valence-electron chi connectivity index (χ2n) is 3.76. The first-order chi connectivity index (χ1) is 6.24. The number of hydrogen-bond acceptors (Lipinski definition) is 2. The number of nitrogens with zero attached hydrogens (tertiary/aromatic N) is 1. The zero-order valence-electron chi connectivity index (χ0n) is 8.68. The van der Waals surface area contributed by atoms with Crippen molar-refractivity contribution in [2.24, 2.45) is 5.92 Å². The van der Waals surface area contributed by atoms with Gasteiger partial charge in [-0.25, -0.2) is 0 Å². The monoisotopic (exact) mass is 184 g/mol. The van der Waals surface area contributed by atoms with E-state index in [0.29, 0.717) is 5.92 Å². The molecule has 1 heterocycles. The minimum Gasteiger partial charge on any atom is -0.381 e. The van der Waals surface area contributed by atoms with Gasteiger partial charge in [0.25, 0.3) is 0 Å². The van der Waals surface area contributed by atoms with Gasteiger partial charge in [0.1, 0.15) is 0 Å². The van der Waals surface area contributed by atoms with Crippen molar-refractivity contribution in [1.29, 1.82) is 5.41 Å². The van der Waals surface area contributed by atoms with Gasteiger partial charge in [-0.3, -0.25) is 5.41 Å². The Bertz CT molecular complexity index is 164. The van der Waals surface area contributed by atoms with Crippen LogP contribution in [0.3, 0.4) is 0 Å². The summed E-state index contributed by atoms with van der Waals surface area (Å²) in [4.78, 5) is 2.04. The molecule has 1 N–H and O–H groups in total. The molecule has 0 aliphatic carbocycles. The quantitative estimate of drug-likeness (QED) is 0.535. The van der Waals surface area contributed by atoms with E-state index in [1.54, 1.807) is 0 Å². The summed E-state index contributed by atoms with van der Waals surface area (Å²) in [6.45, 7) is 4.80. The van der Waals surface area contributed by atoms with E-state index in [1.807, 2.05) is 18.9 Å². The van der Waals surface area contributed by atoms with Gasteiger partial charge in [-0.2, -0.15) is 0 Å². The standard InChI is InChI=1S/C10H20N2O/c1-3-10(11)12(2)7-9-5-4-6-13-8-9/h9,11H,3-8H2,1-2H3. The summed E-state index contributed by atoms with van der Waals surface area (Å²) >= 11 is 0. The third-order valence-electron chi connectivity index (χ3n) is 2.58. The van der Waals surface area contributed by atoms with Crippen LogP contribution in [0.2, 0.25) is 0 Å². The Hall–Kier alpha value is -0.570. The molecule has 0 radical (unpaired) electrons. The van der Waals surface area contributed by atoms with Crippen molar-refractivity contribution in [3.05, 3.63) is 0 Å². The van der Waals surface area contributed by atoms with Crippen molar-refractivity contribution < 1.29 is 4.74 Å². The predicted molar refractivity (Wildman–Crippen MR) is 54.2 cm³/mol. The molecule has 0 aromatic rings. The van der Waals surface area contributed by atoms with Crippen LogP contribution in [0.25, 0.3) is 0 Å². The lowest BCUT2D eigenvalue weighted by molar-refractivity contribution is 0.0483. The molecule has 0 bridgehead atoms. The zero-order valence-corrected chi connectivity index (χ0v) is 8.68. The van der Waals surface area contributed by atoms with Gasteiger partial charge in [0.05, 0.1) is 12.4 Å². The molecule has 3 heteroatoms. The minimum absolute atomic E-state index is 0.630. The average molecular weight is 184 g/mol. The number of amidine groups is 1. The first-order valence-electron chi connectivity index (χ1n) is 5.10. The molecule has 0 amide bonds. The number of hydrogen-bond donors (Lipinski definition) is 1. The lowest BCUT2D eigenvalue weighted by Crippen LogP contribution is -2.34. The van der Waals surface area contributed by atoms with Gasteiger partial charge in [0, 0.05) is 26.6 Å². The maximum absolute atomic E-state index is 7.65. The summed E-state index contributed by atoms with van der Waals surface area (Å²) in [5.41, 5.74) is 0. The SMILES string of the molecule is CCC(=N)N(C)CC1CCCOC1. The van der Waals surface area contributed by atoms with E-state index in [4.69, 9.17) is 10.1 Å². The van der Waals surface area contributed by atoms with Crippen LogP contribution < -0.4 is 0 Å². The van der Waals surface area contributed by atoms with Crippen LogP contribution in [0.4, 0.5) is 0 Å². The minimum atomic E-state index is 0.630. The first-order valence-corrected chi connectivity index (χ1v) is 5.10. The van der Waals surface area contributed by atoms with Crippen LogP contribution in [-0.2, 0) is 4.74 Å². The third kappa shape index (κ3) is 3.35. The van der Waals surface area contributed by atoms with Crippen molar-refractivity contribution in [2.45, 2.75) is 26.2 Å². The van der Waals surface area contributed by atoms with Gasteiger partial charge in [-0.1, -0.05) is 6.92 Å². The maximum Gasteiger partial charge on any atom is 0.0952 e.